The Balaban J connectivity index is 2.68. The van der Waals surface area contributed by atoms with E-state index < -0.39 is 12.0 Å². The molecule has 0 aliphatic rings. The summed E-state index contributed by atoms with van der Waals surface area (Å²) in [5.74, 6) is -0.127. The van der Waals surface area contributed by atoms with Crippen LogP contribution in [0.5, 0.6) is 0 Å². The van der Waals surface area contributed by atoms with Crippen molar-refractivity contribution in [1.29, 1.82) is 0 Å². The minimum atomic E-state index is -1.12. The molecule has 0 radical (unpaired) electrons. The predicted molar refractivity (Wildman–Crippen MR) is 61.6 cm³/mol. The number of hydrogen-bond donors (Lipinski definition) is 2. The molecule has 0 aliphatic heterocycles. The first-order chi connectivity index (χ1) is 8.02. The number of nitrogens with two attached hydrogens (primary N) is 1. The predicted octanol–water partition coefficient (Wildman–Crippen LogP) is 0.937. The summed E-state index contributed by atoms with van der Waals surface area (Å²) in [6.45, 7) is 3.98. The lowest BCUT2D eigenvalue weighted by molar-refractivity contribution is -0.138. The summed E-state index contributed by atoms with van der Waals surface area (Å²) in [6.07, 6.45) is 4.98. The molecule has 17 heavy (non-hydrogen) atoms. The quantitative estimate of drug-likeness (QED) is 0.824. The molecule has 0 aliphatic carbocycles. The van der Waals surface area contributed by atoms with Crippen LogP contribution in [0.25, 0.3) is 5.52 Å². The minimum Gasteiger partial charge on any atom is -0.480 e. The summed E-state index contributed by atoms with van der Waals surface area (Å²) in [4.78, 5) is 19.2. The third-order valence-electron chi connectivity index (χ3n) is 2.58. The summed E-state index contributed by atoms with van der Waals surface area (Å²) in [5, 5.41) is 8.95. The highest BCUT2D eigenvalue weighted by atomic mass is 16.4. The fourth-order valence-corrected chi connectivity index (χ4v) is 1.74. The normalized spacial score (nSPS) is 13.2. The largest absolute Gasteiger partial charge is 0.480 e. The van der Waals surface area contributed by atoms with Crippen molar-refractivity contribution in [3.05, 3.63) is 30.1 Å². The fourth-order valence-electron chi connectivity index (χ4n) is 1.74. The molecule has 3 N–H and O–H groups in total. The van der Waals surface area contributed by atoms with E-state index in [0.29, 0.717) is 11.2 Å². The van der Waals surface area contributed by atoms with Crippen LogP contribution in [0.3, 0.4) is 0 Å². The zero-order chi connectivity index (χ0) is 12.6. The van der Waals surface area contributed by atoms with Gasteiger partial charge in [0.25, 0.3) is 0 Å². The van der Waals surface area contributed by atoms with Gasteiger partial charge in [0, 0.05) is 18.3 Å². The van der Waals surface area contributed by atoms with Crippen LogP contribution in [0.2, 0.25) is 0 Å². The van der Waals surface area contributed by atoms with Crippen molar-refractivity contribution >= 4 is 11.5 Å². The van der Waals surface area contributed by atoms with E-state index in [1.807, 2.05) is 18.2 Å². The second-order valence-electron chi connectivity index (χ2n) is 4.16. The zero-order valence-corrected chi connectivity index (χ0v) is 9.66. The monoisotopic (exact) mass is 234 g/mol. The van der Waals surface area contributed by atoms with Gasteiger partial charge in [0.1, 0.15) is 11.9 Å². The minimum absolute atomic E-state index is 0.180. The van der Waals surface area contributed by atoms with Gasteiger partial charge in [-0.25, -0.2) is 4.98 Å². The van der Waals surface area contributed by atoms with E-state index in [1.165, 1.54) is 0 Å². The van der Waals surface area contributed by atoms with E-state index >= 15 is 0 Å². The molecule has 1 atom stereocenters. The molecular weight excluding hydrogens is 220 g/mol. The maximum atomic E-state index is 10.9. The molecule has 2 aromatic heterocycles. The Kier molecular flexibility index (Phi) is 2.81. The molecule has 0 saturated carbocycles. The van der Waals surface area contributed by atoms with Crippen molar-refractivity contribution in [1.82, 2.24) is 14.4 Å². The second-order valence-corrected chi connectivity index (χ2v) is 4.16. The molecule has 2 rings (SSSR count). The van der Waals surface area contributed by atoms with Gasteiger partial charge in [-0.15, -0.1) is 0 Å². The Morgan fingerprint density at radius 3 is 2.82 bits per heavy atom. The van der Waals surface area contributed by atoms with Gasteiger partial charge < -0.3 is 15.2 Å². The van der Waals surface area contributed by atoms with Gasteiger partial charge in [-0.3, -0.25) is 9.78 Å². The Hall–Kier alpha value is -1.95. The molecule has 2 heterocycles. The van der Waals surface area contributed by atoms with Crippen molar-refractivity contribution in [2.45, 2.75) is 25.8 Å². The molecule has 90 valence electrons. The van der Waals surface area contributed by atoms with E-state index in [-0.39, 0.29) is 5.92 Å². The van der Waals surface area contributed by atoms with Crippen LogP contribution >= 0.6 is 0 Å². The average molecular weight is 234 g/mol. The van der Waals surface area contributed by atoms with Crippen LogP contribution in [-0.2, 0) is 4.79 Å². The summed E-state index contributed by atoms with van der Waals surface area (Å²) in [7, 11) is 0. The summed E-state index contributed by atoms with van der Waals surface area (Å²) < 4.78 is 1.83. The maximum absolute atomic E-state index is 10.9. The third-order valence-corrected chi connectivity index (χ3v) is 2.58. The Bertz CT molecular complexity index is 562. The highest BCUT2D eigenvalue weighted by Crippen LogP contribution is 2.22. The highest BCUT2D eigenvalue weighted by Gasteiger charge is 2.23. The Morgan fingerprint density at radius 1 is 1.53 bits per heavy atom. The van der Waals surface area contributed by atoms with Crippen LogP contribution in [0.4, 0.5) is 0 Å². The molecule has 0 fully saturated rings. The van der Waals surface area contributed by atoms with E-state index in [9.17, 15) is 4.79 Å². The summed E-state index contributed by atoms with van der Waals surface area (Å²) in [5.41, 5.74) is 6.61. The van der Waals surface area contributed by atoms with Gasteiger partial charge in [0.05, 0.1) is 17.4 Å². The van der Waals surface area contributed by atoms with Gasteiger partial charge >= 0.3 is 5.97 Å². The zero-order valence-electron chi connectivity index (χ0n) is 9.66. The van der Waals surface area contributed by atoms with Crippen molar-refractivity contribution in [3.63, 3.8) is 0 Å². The third kappa shape index (κ3) is 1.87. The molecule has 6 heteroatoms. The van der Waals surface area contributed by atoms with Crippen LogP contribution in [0.15, 0.2) is 18.6 Å². The average Bonchev–Trinajstić information content (AvgIpc) is 2.67. The number of aliphatic carboxylic acids is 1. The molecule has 0 amide bonds. The number of carboxylic acids is 1. The lowest BCUT2D eigenvalue weighted by Crippen LogP contribution is -2.21. The topological polar surface area (TPSA) is 93.5 Å². The first kappa shape index (κ1) is 11.5. The van der Waals surface area contributed by atoms with Gasteiger partial charge in [-0.05, 0) is 0 Å². The van der Waals surface area contributed by atoms with Crippen LogP contribution in [0, 0.1) is 0 Å². The van der Waals surface area contributed by atoms with Gasteiger partial charge in [0.15, 0.2) is 0 Å². The first-order valence-electron chi connectivity index (χ1n) is 5.32. The van der Waals surface area contributed by atoms with Gasteiger partial charge in [-0.1, -0.05) is 13.8 Å². The molecule has 2 aromatic rings. The lowest BCUT2D eigenvalue weighted by atomic mass is 10.2. The molecule has 1 unspecified atom stereocenters. The second kappa shape index (κ2) is 4.14. The van der Waals surface area contributed by atoms with E-state index in [2.05, 4.69) is 9.97 Å². The Morgan fingerprint density at radius 2 is 2.24 bits per heavy atom. The van der Waals surface area contributed by atoms with E-state index in [0.717, 1.165) is 5.82 Å². The number of carbonyl (C=O) groups is 1. The maximum Gasteiger partial charge on any atom is 0.326 e. The Labute approximate surface area is 98.1 Å². The smallest absolute Gasteiger partial charge is 0.326 e. The number of fused-ring (bicyclic) bond motifs is 1. The standard InChI is InChI=1S/C11H14N4O2/c1-6(2)10-14-9(8(12)11(16)17)7-5-13-3-4-15(7)10/h3-6,8H,12H2,1-2H3,(H,16,17). The number of imidazole rings is 1. The van der Waals surface area contributed by atoms with Gasteiger partial charge in [0.2, 0.25) is 0 Å². The van der Waals surface area contributed by atoms with Crippen molar-refractivity contribution in [2.75, 3.05) is 0 Å². The highest BCUT2D eigenvalue weighted by molar-refractivity contribution is 5.78. The van der Waals surface area contributed by atoms with Crippen molar-refractivity contribution < 1.29 is 9.90 Å². The number of carboxylic acid groups (broad SMARTS) is 1. The summed E-state index contributed by atoms with van der Waals surface area (Å²) >= 11 is 0. The molecule has 0 saturated heterocycles. The van der Waals surface area contributed by atoms with Crippen LogP contribution in [0.1, 0.15) is 37.3 Å². The molecule has 0 spiro atoms. The lowest BCUT2D eigenvalue weighted by Gasteiger charge is -2.02. The number of nitrogens with zero attached hydrogens (tertiary/aromatic N) is 3. The van der Waals surface area contributed by atoms with Crippen LogP contribution < -0.4 is 5.73 Å². The van der Waals surface area contributed by atoms with Gasteiger partial charge in [-0.2, -0.15) is 0 Å². The number of rotatable bonds is 3. The number of aromatic nitrogens is 3. The fraction of sp³-hybridized carbons (Fsp3) is 0.364. The van der Waals surface area contributed by atoms with Crippen molar-refractivity contribution in [3.8, 4) is 0 Å². The SMILES string of the molecule is CC(C)c1nc(C(N)C(=O)O)c2cnccn12. The van der Waals surface area contributed by atoms with E-state index in [4.69, 9.17) is 10.8 Å². The molecule has 0 aromatic carbocycles. The van der Waals surface area contributed by atoms with Crippen molar-refractivity contribution in [2.24, 2.45) is 5.73 Å². The molecule has 6 nitrogen and oxygen atoms in total. The van der Waals surface area contributed by atoms with E-state index in [1.54, 1.807) is 18.6 Å². The molecular formula is C11H14N4O2. The van der Waals surface area contributed by atoms with Crippen LogP contribution in [-0.4, -0.2) is 25.4 Å². The number of hydrogen-bond acceptors (Lipinski definition) is 4. The first-order valence-corrected chi connectivity index (χ1v) is 5.32. The summed E-state index contributed by atoms with van der Waals surface area (Å²) in [6, 6.07) is -1.12. The molecule has 0 bridgehead atoms.